The van der Waals surface area contributed by atoms with E-state index in [1.54, 1.807) is 11.9 Å². The van der Waals surface area contributed by atoms with Crippen molar-refractivity contribution >= 4 is 23.2 Å². The molecule has 2 rings (SSSR count). The molecule has 0 unspecified atom stereocenters. The van der Waals surface area contributed by atoms with Crippen molar-refractivity contribution in [3.63, 3.8) is 0 Å². The third-order valence-electron chi connectivity index (χ3n) is 4.61. The van der Waals surface area contributed by atoms with Crippen LogP contribution in [0.5, 0.6) is 0 Å². The second kappa shape index (κ2) is 9.76. The van der Waals surface area contributed by atoms with Gasteiger partial charge in [0.25, 0.3) is 0 Å². The largest absolute Gasteiger partial charge is 0.372 e. The summed E-state index contributed by atoms with van der Waals surface area (Å²) in [4.78, 5) is 28.4. The lowest BCUT2D eigenvalue weighted by Gasteiger charge is -2.22. The van der Waals surface area contributed by atoms with Gasteiger partial charge in [0.2, 0.25) is 11.8 Å². The lowest BCUT2D eigenvalue weighted by Crippen LogP contribution is -2.30. The minimum absolute atomic E-state index is 0.166. The van der Waals surface area contributed by atoms with Crippen molar-refractivity contribution in [1.82, 2.24) is 4.90 Å². The third kappa shape index (κ3) is 5.84. The molecular weight excluding hydrogens is 338 g/mol. The van der Waals surface area contributed by atoms with Crippen LogP contribution in [0, 0.1) is 6.92 Å². The van der Waals surface area contributed by atoms with Gasteiger partial charge in [0.05, 0.1) is 0 Å². The van der Waals surface area contributed by atoms with Crippen LogP contribution in [0.4, 0.5) is 11.4 Å². The molecule has 0 heterocycles. The standard InChI is InChI=1S/C22H29N3O2/c1-5-25(6-2)19-12-13-20(17(3)14-19)23-21(26)15-22(27)24(4)16-18-10-8-7-9-11-18/h7-14H,5-6,15-16H2,1-4H3,(H,23,26). The Morgan fingerprint density at radius 1 is 1.00 bits per heavy atom. The van der Waals surface area contributed by atoms with Gasteiger partial charge < -0.3 is 15.1 Å². The first-order valence-electron chi connectivity index (χ1n) is 9.37. The van der Waals surface area contributed by atoms with E-state index in [1.807, 2.05) is 49.4 Å². The first-order valence-corrected chi connectivity index (χ1v) is 9.37. The van der Waals surface area contributed by atoms with Gasteiger partial charge in [-0.2, -0.15) is 0 Å². The highest BCUT2D eigenvalue weighted by molar-refractivity contribution is 6.03. The smallest absolute Gasteiger partial charge is 0.233 e. The van der Waals surface area contributed by atoms with Crippen LogP contribution < -0.4 is 10.2 Å². The first kappa shape index (κ1) is 20.5. The van der Waals surface area contributed by atoms with E-state index in [-0.39, 0.29) is 18.2 Å². The number of hydrogen-bond donors (Lipinski definition) is 1. The molecule has 0 radical (unpaired) electrons. The van der Waals surface area contributed by atoms with Gasteiger partial charge in [0, 0.05) is 38.1 Å². The molecule has 144 valence electrons. The summed E-state index contributed by atoms with van der Waals surface area (Å²) >= 11 is 0. The zero-order valence-electron chi connectivity index (χ0n) is 16.7. The number of anilines is 2. The van der Waals surface area contributed by atoms with Crippen molar-refractivity contribution in [3.8, 4) is 0 Å². The van der Waals surface area contributed by atoms with Gasteiger partial charge in [0.15, 0.2) is 0 Å². The Labute approximate surface area is 162 Å². The van der Waals surface area contributed by atoms with Crippen LogP contribution in [-0.2, 0) is 16.1 Å². The molecule has 0 aliphatic rings. The number of benzene rings is 2. The number of carbonyl (C=O) groups is 2. The molecule has 2 aromatic carbocycles. The molecule has 5 nitrogen and oxygen atoms in total. The Morgan fingerprint density at radius 2 is 1.67 bits per heavy atom. The summed E-state index contributed by atoms with van der Waals surface area (Å²) in [6.07, 6.45) is -0.166. The molecule has 0 atom stereocenters. The van der Waals surface area contributed by atoms with Gasteiger partial charge >= 0.3 is 0 Å². The van der Waals surface area contributed by atoms with Crippen molar-refractivity contribution < 1.29 is 9.59 Å². The van der Waals surface area contributed by atoms with Crippen molar-refractivity contribution in [2.75, 3.05) is 30.4 Å². The van der Waals surface area contributed by atoms with E-state index < -0.39 is 0 Å². The quantitative estimate of drug-likeness (QED) is 0.722. The molecule has 1 N–H and O–H groups in total. The summed E-state index contributed by atoms with van der Waals surface area (Å²) in [6.45, 7) is 8.56. The summed E-state index contributed by atoms with van der Waals surface area (Å²) in [7, 11) is 1.72. The number of hydrogen-bond acceptors (Lipinski definition) is 3. The van der Waals surface area contributed by atoms with Gasteiger partial charge in [-0.15, -0.1) is 0 Å². The van der Waals surface area contributed by atoms with Crippen LogP contribution in [0.1, 0.15) is 31.4 Å². The summed E-state index contributed by atoms with van der Waals surface area (Å²) in [5.74, 6) is -0.493. The maximum atomic E-state index is 12.3. The van der Waals surface area contributed by atoms with Crippen molar-refractivity contribution in [2.24, 2.45) is 0 Å². The number of carbonyl (C=O) groups excluding carboxylic acids is 2. The highest BCUT2D eigenvalue weighted by atomic mass is 16.2. The van der Waals surface area contributed by atoms with Crippen LogP contribution in [0.2, 0.25) is 0 Å². The summed E-state index contributed by atoms with van der Waals surface area (Å²) in [6, 6.07) is 15.7. The highest BCUT2D eigenvalue weighted by Crippen LogP contribution is 2.22. The predicted molar refractivity (Wildman–Crippen MR) is 111 cm³/mol. The van der Waals surface area contributed by atoms with Crippen LogP contribution >= 0.6 is 0 Å². The van der Waals surface area contributed by atoms with Crippen LogP contribution in [-0.4, -0.2) is 36.9 Å². The molecule has 2 aromatic rings. The highest BCUT2D eigenvalue weighted by Gasteiger charge is 2.15. The Morgan fingerprint density at radius 3 is 2.26 bits per heavy atom. The lowest BCUT2D eigenvalue weighted by molar-refractivity contribution is -0.134. The second-order valence-corrected chi connectivity index (χ2v) is 6.63. The third-order valence-corrected chi connectivity index (χ3v) is 4.61. The predicted octanol–water partition coefficient (Wildman–Crippen LogP) is 3.83. The molecule has 0 aliphatic heterocycles. The fourth-order valence-corrected chi connectivity index (χ4v) is 2.99. The van der Waals surface area contributed by atoms with E-state index in [0.717, 1.165) is 35.6 Å². The zero-order valence-corrected chi connectivity index (χ0v) is 16.7. The average molecular weight is 367 g/mol. The van der Waals surface area contributed by atoms with Crippen LogP contribution in [0.3, 0.4) is 0 Å². The molecular formula is C22H29N3O2. The summed E-state index contributed by atoms with van der Waals surface area (Å²) in [5.41, 5.74) is 3.90. The number of rotatable bonds is 8. The number of amides is 2. The fraction of sp³-hybridized carbons (Fsp3) is 0.364. The van der Waals surface area contributed by atoms with E-state index >= 15 is 0 Å². The van der Waals surface area contributed by atoms with Crippen molar-refractivity contribution in [2.45, 2.75) is 33.7 Å². The molecule has 0 aromatic heterocycles. The second-order valence-electron chi connectivity index (χ2n) is 6.63. The van der Waals surface area contributed by atoms with Gasteiger partial charge in [-0.25, -0.2) is 0 Å². The molecule has 5 heteroatoms. The van der Waals surface area contributed by atoms with Gasteiger partial charge in [0.1, 0.15) is 6.42 Å². The molecule has 27 heavy (non-hydrogen) atoms. The van der Waals surface area contributed by atoms with Gasteiger partial charge in [-0.1, -0.05) is 30.3 Å². The number of nitrogens with one attached hydrogen (secondary N) is 1. The Kier molecular flexibility index (Phi) is 7.41. The first-order chi connectivity index (χ1) is 12.9. The minimum atomic E-state index is -0.293. The minimum Gasteiger partial charge on any atom is -0.372 e. The fourth-order valence-electron chi connectivity index (χ4n) is 2.99. The Balaban J connectivity index is 1.93. The van der Waals surface area contributed by atoms with Gasteiger partial charge in [-0.3, -0.25) is 9.59 Å². The van der Waals surface area contributed by atoms with Crippen molar-refractivity contribution in [1.29, 1.82) is 0 Å². The SMILES string of the molecule is CCN(CC)c1ccc(NC(=O)CC(=O)N(C)Cc2ccccc2)c(C)c1. The van der Waals surface area contributed by atoms with Crippen LogP contribution in [0.25, 0.3) is 0 Å². The van der Waals surface area contributed by atoms with Crippen molar-refractivity contribution in [3.05, 3.63) is 59.7 Å². The Hall–Kier alpha value is -2.82. The maximum absolute atomic E-state index is 12.3. The normalized spacial score (nSPS) is 10.4. The summed E-state index contributed by atoms with van der Waals surface area (Å²) in [5, 5.41) is 2.86. The molecule has 0 aliphatic carbocycles. The van der Waals surface area contributed by atoms with E-state index in [4.69, 9.17) is 0 Å². The molecule has 0 bridgehead atoms. The Bertz CT molecular complexity index is 770. The van der Waals surface area contributed by atoms with E-state index in [9.17, 15) is 9.59 Å². The maximum Gasteiger partial charge on any atom is 0.233 e. The zero-order chi connectivity index (χ0) is 19.8. The monoisotopic (exact) mass is 367 g/mol. The number of aryl methyl sites for hydroxylation is 1. The van der Waals surface area contributed by atoms with E-state index in [0.29, 0.717) is 6.54 Å². The topological polar surface area (TPSA) is 52.7 Å². The molecule has 0 fully saturated rings. The number of nitrogens with zero attached hydrogens (tertiary/aromatic N) is 2. The molecule has 0 saturated heterocycles. The summed E-state index contributed by atoms with van der Waals surface area (Å²) < 4.78 is 0. The average Bonchev–Trinajstić information content (AvgIpc) is 2.65. The van der Waals surface area contributed by atoms with Gasteiger partial charge in [-0.05, 0) is 50.1 Å². The molecule has 0 spiro atoms. The van der Waals surface area contributed by atoms with E-state index in [2.05, 4.69) is 30.1 Å². The van der Waals surface area contributed by atoms with Crippen LogP contribution in [0.15, 0.2) is 48.5 Å². The lowest BCUT2D eigenvalue weighted by atomic mass is 10.1. The molecule has 2 amide bonds. The van der Waals surface area contributed by atoms with E-state index in [1.165, 1.54) is 0 Å². The molecule has 0 saturated carbocycles.